The van der Waals surface area contributed by atoms with Crippen LogP contribution in [0.25, 0.3) is 10.4 Å². The van der Waals surface area contributed by atoms with Crippen LogP contribution in [-0.4, -0.2) is 47.8 Å². The molecule has 2 amide bonds. The number of hydrogen-bond donors (Lipinski definition) is 1. The fourth-order valence-corrected chi connectivity index (χ4v) is 8.27. The molecule has 9 heteroatoms. The predicted molar refractivity (Wildman–Crippen MR) is 187 cm³/mol. The molecule has 3 aliphatic carbocycles. The molecule has 3 aromatic rings. The maximum Gasteiger partial charge on any atom is 0.407 e. The molecule has 6 rings (SSSR count). The Hall–Kier alpha value is -3.46. The van der Waals surface area contributed by atoms with Gasteiger partial charge in [-0.2, -0.15) is 0 Å². The molecule has 0 saturated heterocycles. The molecule has 0 unspecified atom stereocenters. The number of thiazole rings is 1. The molecule has 8 nitrogen and oxygen atoms in total. The molecule has 252 valence electrons. The maximum absolute atomic E-state index is 14.4. The minimum Gasteiger partial charge on any atom is -0.496 e. The number of amides is 2. The smallest absolute Gasteiger partial charge is 0.407 e. The zero-order chi connectivity index (χ0) is 32.9. The number of methoxy groups -OCH3 is 1. The van der Waals surface area contributed by atoms with Gasteiger partial charge in [-0.25, -0.2) is 14.8 Å². The van der Waals surface area contributed by atoms with Crippen LogP contribution in [0, 0.1) is 18.8 Å². The van der Waals surface area contributed by atoms with Crippen molar-refractivity contribution in [3.8, 4) is 16.2 Å². The highest BCUT2D eigenvalue weighted by molar-refractivity contribution is 7.15. The second-order valence-electron chi connectivity index (χ2n) is 14.2. The summed E-state index contributed by atoms with van der Waals surface area (Å²) in [6.45, 7) is 7.10. The lowest BCUT2D eigenvalue weighted by molar-refractivity contribution is -0.124. The van der Waals surface area contributed by atoms with E-state index >= 15 is 0 Å². The highest BCUT2D eigenvalue weighted by atomic mass is 32.1. The zero-order valence-electron chi connectivity index (χ0n) is 28.4. The number of benzene rings is 1. The largest absolute Gasteiger partial charge is 0.496 e. The third kappa shape index (κ3) is 8.16. The summed E-state index contributed by atoms with van der Waals surface area (Å²) in [7, 11) is 1.72. The normalized spacial score (nSPS) is 23.2. The Balaban J connectivity index is 1.14. The van der Waals surface area contributed by atoms with Crippen molar-refractivity contribution < 1.29 is 19.1 Å². The van der Waals surface area contributed by atoms with E-state index in [-0.39, 0.29) is 30.1 Å². The zero-order valence-corrected chi connectivity index (χ0v) is 29.2. The predicted octanol–water partition coefficient (Wildman–Crippen LogP) is 8.79. The maximum atomic E-state index is 14.4. The molecule has 0 aliphatic heterocycles. The van der Waals surface area contributed by atoms with E-state index in [0.717, 1.165) is 65.5 Å². The lowest BCUT2D eigenvalue weighted by Crippen LogP contribution is -2.44. The van der Waals surface area contributed by atoms with Crippen LogP contribution >= 0.6 is 11.3 Å². The summed E-state index contributed by atoms with van der Waals surface area (Å²) in [4.78, 5) is 39.2. The first-order chi connectivity index (χ1) is 22.8. The van der Waals surface area contributed by atoms with Crippen LogP contribution in [0.2, 0.25) is 0 Å². The van der Waals surface area contributed by atoms with Crippen molar-refractivity contribution in [2.24, 2.45) is 11.8 Å². The summed E-state index contributed by atoms with van der Waals surface area (Å²) in [6, 6.07) is 10.9. The Labute approximate surface area is 283 Å². The van der Waals surface area contributed by atoms with Crippen LogP contribution in [0.4, 0.5) is 10.6 Å². The van der Waals surface area contributed by atoms with E-state index in [4.69, 9.17) is 14.5 Å². The number of pyridine rings is 1. The van der Waals surface area contributed by atoms with Crippen LogP contribution in [-0.2, 0) is 9.53 Å². The number of hydrogen-bond acceptors (Lipinski definition) is 7. The monoisotopic (exact) mass is 658 g/mol. The highest BCUT2D eigenvalue weighted by Gasteiger charge is 2.34. The van der Waals surface area contributed by atoms with Gasteiger partial charge in [0.15, 0.2) is 0 Å². The van der Waals surface area contributed by atoms with Gasteiger partial charge in [0.2, 0.25) is 5.91 Å². The molecule has 0 bridgehead atoms. The Bertz CT molecular complexity index is 1520. The summed E-state index contributed by atoms with van der Waals surface area (Å²) in [5.41, 5.74) is 3.61. The second kappa shape index (κ2) is 15.2. The molecule has 3 saturated carbocycles. The van der Waals surface area contributed by atoms with E-state index in [1.807, 2.05) is 23.4 Å². The molecule has 2 aromatic heterocycles. The standard InChI is InChI=1S/C38H50N4O4S/c1-24(2)36-40-22-34(47-36)30-18-19-39-35(21-30)42(23-26-8-10-27(11-9-26)29-14-17-33(45-4)25(3)20-29)37(43)28-12-15-32(16-13-28)46-38(44)41-31-6-5-7-31/h14,17-22,24,26-28,31-32H,5-13,15-16,23H2,1-4H3,(H,41,44). The minimum atomic E-state index is -0.309. The summed E-state index contributed by atoms with van der Waals surface area (Å²) in [5.74, 6) is 3.00. The van der Waals surface area contributed by atoms with Crippen molar-refractivity contribution in [3.05, 3.63) is 58.9 Å². The van der Waals surface area contributed by atoms with Crippen molar-refractivity contribution >= 4 is 29.2 Å². The number of aromatic nitrogens is 2. The summed E-state index contributed by atoms with van der Waals surface area (Å²) in [5, 5.41) is 4.08. The average molecular weight is 659 g/mol. The molecule has 3 aliphatic rings. The Morgan fingerprint density at radius 1 is 0.979 bits per heavy atom. The average Bonchev–Trinajstić information content (AvgIpc) is 3.57. The molecule has 0 radical (unpaired) electrons. The van der Waals surface area contributed by atoms with Crippen LogP contribution in [0.15, 0.2) is 42.7 Å². The van der Waals surface area contributed by atoms with Gasteiger partial charge in [0.1, 0.15) is 17.7 Å². The van der Waals surface area contributed by atoms with Crippen LogP contribution in [0.3, 0.4) is 0 Å². The first-order valence-corrected chi connectivity index (χ1v) is 18.4. The van der Waals surface area contributed by atoms with E-state index in [1.165, 1.54) is 17.5 Å². The first kappa shape index (κ1) is 33.4. The Morgan fingerprint density at radius 2 is 1.74 bits per heavy atom. The van der Waals surface area contributed by atoms with Gasteiger partial charge in [-0.3, -0.25) is 9.69 Å². The number of nitrogens with zero attached hydrogens (tertiary/aromatic N) is 3. The summed E-state index contributed by atoms with van der Waals surface area (Å²) >= 11 is 1.70. The van der Waals surface area contributed by atoms with Crippen molar-refractivity contribution in [1.29, 1.82) is 0 Å². The summed E-state index contributed by atoms with van der Waals surface area (Å²) < 4.78 is 11.2. The van der Waals surface area contributed by atoms with E-state index < -0.39 is 0 Å². The molecule has 3 fully saturated rings. The second-order valence-corrected chi connectivity index (χ2v) is 15.2. The summed E-state index contributed by atoms with van der Waals surface area (Å²) in [6.07, 6.45) is 13.8. The molecule has 0 spiro atoms. The third-order valence-corrected chi connectivity index (χ3v) is 11.8. The van der Waals surface area contributed by atoms with Crippen LogP contribution in [0.5, 0.6) is 5.75 Å². The molecule has 2 heterocycles. The van der Waals surface area contributed by atoms with Crippen LogP contribution < -0.4 is 15.0 Å². The number of ether oxygens (including phenoxy) is 2. The molecule has 0 atom stereocenters. The number of anilines is 1. The van der Waals surface area contributed by atoms with Gasteiger partial charge < -0.3 is 14.8 Å². The van der Waals surface area contributed by atoms with Gasteiger partial charge in [0.25, 0.3) is 0 Å². The van der Waals surface area contributed by atoms with Gasteiger partial charge in [0, 0.05) is 36.8 Å². The van der Waals surface area contributed by atoms with Crippen molar-refractivity contribution in [2.45, 2.75) is 115 Å². The van der Waals surface area contributed by atoms with Gasteiger partial charge in [-0.1, -0.05) is 26.0 Å². The lowest BCUT2D eigenvalue weighted by Gasteiger charge is -2.36. The van der Waals surface area contributed by atoms with E-state index in [0.29, 0.717) is 50.0 Å². The fourth-order valence-electron chi connectivity index (χ4n) is 7.35. The fraction of sp³-hybridized carbons (Fsp3) is 0.579. The van der Waals surface area contributed by atoms with Crippen LogP contribution in [0.1, 0.15) is 112 Å². The van der Waals surface area contributed by atoms with Gasteiger partial charge in [0.05, 0.1) is 17.0 Å². The number of nitrogens with one attached hydrogen (secondary N) is 1. The third-order valence-electron chi connectivity index (χ3n) is 10.5. The quantitative estimate of drug-likeness (QED) is 0.234. The van der Waals surface area contributed by atoms with Crippen molar-refractivity contribution in [1.82, 2.24) is 15.3 Å². The highest BCUT2D eigenvalue weighted by Crippen LogP contribution is 2.39. The number of aryl methyl sites for hydroxylation is 1. The van der Waals surface area contributed by atoms with Crippen molar-refractivity contribution in [2.75, 3.05) is 18.6 Å². The number of carbonyl (C=O) groups is 2. The molecule has 47 heavy (non-hydrogen) atoms. The van der Waals surface area contributed by atoms with E-state index in [1.54, 1.807) is 18.4 Å². The number of alkyl carbamates (subject to hydrolysis) is 1. The molecular weight excluding hydrogens is 609 g/mol. The Morgan fingerprint density at radius 3 is 2.38 bits per heavy atom. The Kier molecular flexibility index (Phi) is 10.8. The lowest BCUT2D eigenvalue weighted by atomic mass is 9.78. The van der Waals surface area contributed by atoms with E-state index in [9.17, 15) is 9.59 Å². The molecule has 1 aromatic carbocycles. The van der Waals surface area contributed by atoms with Gasteiger partial charge in [-0.05, 0) is 124 Å². The number of carbonyl (C=O) groups excluding carboxylic acids is 2. The van der Waals surface area contributed by atoms with Crippen molar-refractivity contribution in [3.63, 3.8) is 0 Å². The topological polar surface area (TPSA) is 93.6 Å². The SMILES string of the molecule is COc1ccc(C2CCC(CN(C(=O)C3CCC(OC(=O)NC4CCC4)CC3)c3cc(-c4cnc(C(C)C)s4)ccn3)CC2)cc1C. The minimum absolute atomic E-state index is 0.107. The number of rotatable bonds is 10. The molecular formula is C38H50N4O4S. The van der Waals surface area contributed by atoms with E-state index in [2.05, 4.69) is 55.3 Å². The first-order valence-electron chi connectivity index (χ1n) is 17.6. The van der Waals surface area contributed by atoms with Gasteiger partial charge in [-0.15, -0.1) is 11.3 Å². The molecule has 1 N–H and O–H groups in total. The van der Waals surface area contributed by atoms with Gasteiger partial charge >= 0.3 is 6.09 Å².